The van der Waals surface area contributed by atoms with Crippen LogP contribution in [0.15, 0.2) is 30.4 Å². The van der Waals surface area contributed by atoms with Crippen LogP contribution >= 0.6 is 0 Å². The van der Waals surface area contributed by atoms with E-state index >= 15 is 0 Å². The maximum atomic E-state index is 5.08. The lowest BCUT2D eigenvalue weighted by Gasteiger charge is -2.01. The zero-order valence-corrected chi connectivity index (χ0v) is 12.6. The predicted octanol–water partition coefficient (Wildman–Crippen LogP) is 5.31. The van der Waals surface area contributed by atoms with Gasteiger partial charge in [-0.1, -0.05) is 31.9 Å². The van der Waals surface area contributed by atoms with Crippen molar-refractivity contribution in [1.82, 2.24) is 0 Å². The van der Waals surface area contributed by atoms with E-state index in [-0.39, 0.29) is 0 Å². The van der Waals surface area contributed by atoms with Crippen molar-refractivity contribution >= 4 is 0 Å². The molecule has 0 amide bonds. The van der Waals surface area contributed by atoms with E-state index in [0.717, 1.165) is 5.75 Å². The molecule has 1 nitrogen and oxygen atoms in total. The molecule has 0 bridgehead atoms. The fraction of sp³-hybridized carbons (Fsp3) is 0.500. The third-order valence-corrected chi connectivity index (χ3v) is 1.43. The molecule has 0 spiro atoms. The highest BCUT2D eigenvalue weighted by Crippen LogP contribution is 2.14. The summed E-state index contributed by atoms with van der Waals surface area (Å²) in [5.74, 6) is 0.942. The van der Waals surface area contributed by atoms with Crippen LogP contribution in [0.4, 0.5) is 0 Å². The Kier molecular flexibility index (Phi) is 12.0. The van der Waals surface area contributed by atoms with Gasteiger partial charge in [-0.25, -0.2) is 0 Å². The highest BCUT2D eigenvalue weighted by atomic mass is 16.5. The maximum Gasteiger partial charge on any atom is 0.119 e. The van der Waals surface area contributed by atoms with E-state index in [9.17, 15) is 0 Å². The Morgan fingerprint density at radius 2 is 1.35 bits per heavy atom. The average Bonchev–Trinajstić information content (AvgIpc) is 2.16. The van der Waals surface area contributed by atoms with Gasteiger partial charge >= 0.3 is 0 Å². The molecule has 0 heterocycles. The highest BCUT2D eigenvalue weighted by molar-refractivity contribution is 5.32. The SMILES string of the molecule is C=C(C)C.CCC.COc1cc(C)cc(C)c1. The standard InChI is InChI=1S/C9H12O.C4H8.C3H8/c1-7-4-8(2)6-9(5-7)10-3;1-4(2)3;1-3-2/h4-6H,1-3H3;1H2,2-3H3;3H2,1-2H3. The molecule has 0 aliphatic rings. The summed E-state index contributed by atoms with van der Waals surface area (Å²) in [5.41, 5.74) is 3.66. The molecule has 0 fully saturated rings. The van der Waals surface area contributed by atoms with Crippen molar-refractivity contribution in [3.8, 4) is 5.75 Å². The Morgan fingerprint density at radius 1 is 1.06 bits per heavy atom. The van der Waals surface area contributed by atoms with Gasteiger partial charge in [0, 0.05) is 0 Å². The molecule has 0 atom stereocenters. The summed E-state index contributed by atoms with van der Waals surface area (Å²) in [6, 6.07) is 6.17. The van der Waals surface area contributed by atoms with Crippen LogP contribution in [0.3, 0.4) is 0 Å². The van der Waals surface area contributed by atoms with Crippen LogP contribution in [-0.4, -0.2) is 7.11 Å². The molecule has 0 aliphatic heterocycles. The Hall–Kier alpha value is -1.24. The molecule has 1 rings (SSSR count). The first-order chi connectivity index (χ1) is 7.87. The van der Waals surface area contributed by atoms with Gasteiger partial charge in [-0.3, -0.25) is 0 Å². The van der Waals surface area contributed by atoms with Gasteiger partial charge in [0.1, 0.15) is 5.75 Å². The van der Waals surface area contributed by atoms with Crippen LogP contribution in [0.2, 0.25) is 0 Å². The fourth-order valence-corrected chi connectivity index (χ4v) is 1.05. The molecule has 1 heteroatoms. The molecule has 0 saturated heterocycles. The Bertz CT molecular complexity index is 289. The second kappa shape index (κ2) is 11.3. The number of aryl methyl sites for hydroxylation is 2. The number of benzene rings is 1. The molecule has 0 aromatic heterocycles. The van der Waals surface area contributed by atoms with Crippen molar-refractivity contribution in [2.75, 3.05) is 7.11 Å². The van der Waals surface area contributed by atoms with Crippen molar-refractivity contribution < 1.29 is 4.74 Å². The maximum absolute atomic E-state index is 5.08. The second-order valence-electron chi connectivity index (χ2n) is 4.44. The third-order valence-electron chi connectivity index (χ3n) is 1.43. The molecule has 1 aromatic carbocycles. The first-order valence-electron chi connectivity index (χ1n) is 6.11. The quantitative estimate of drug-likeness (QED) is 0.600. The van der Waals surface area contributed by atoms with Crippen LogP contribution in [0.5, 0.6) is 5.75 Å². The molecule has 17 heavy (non-hydrogen) atoms. The summed E-state index contributed by atoms with van der Waals surface area (Å²) in [5, 5.41) is 0. The number of ether oxygens (including phenoxy) is 1. The highest BCUT2D eigenvalue weighted by Gasteiger charge is 1.92. The zero-order chi connectivity index (χ0) is 13.8. The summed E-state index contributed by atoms with van der Waals surface area (Å²) in [4.78, 5) is 0. The molecule has 0 N–H and O–H groups in total. The van der Waals surface area contributed by atoms with Crippen molar-refractivity contribution in [3.63, 3.8) is 0 Å². The molecular weight excluding hydrogens is 208 g/mol. The summed E-state index contributed by atoms with van der Waals surface area (Å²) in [6.07, 6.45) is 1.25. The smallest absolute Gasteiger partial charge is 0.119 e. The number of hydrogen-bond donors (Lipinski definition) is 0. The van der Waals surface area contributed by atoms with Crippen molar-refractivity contribution in [1.29, 1.82) is 0 Å². The lowest BCUT2D eigenvalue weighted by atomic mass is 10.1. The van der Waals surface area contributed by atoms with Gasteiger partial charge in [-0.15, -0.1) is 6.58 Å². The molecule has 0 radical (unpaired) electrons. The topological polar surface area (TPSA) is 9.23 Å². The fourth-order valence-electron chi connectivity index (χ4n) is 1.05. The minimum absolute atomic E-state index is 0.942. The van der Waals surface area contributed by atoms with Gasteiger partial charge in [-0.05, 0) is 51.0 Å². The number of hydrogen-bond acceptors (Lipinski definition) is 1. The van der Waals surface area contributed by atoms with Gasteiger partial charge in [-0.2, -0.15) is 0 Å². The van der Waals surface area contributed by atoms with Crippen LogP contribution < -0.4 is 4.74 Å². The molecular formula is C16H28O. The van der Waals surface area contributed by atoms with Gasteiger partial charge < -0.3 is 4.74 Å². The molecule has 1 aromatic rings. The Balaban J connectivity index is 0. The van der Waals surface area contributed by atoms with E-state index in [1.165, 1.54) is 23.1 Å². The van der Waals surface area contributed by atoms with E-state index in [4.69, 9.17) is 4.74 Å². The number of methoxy groups -OCH3 is 1. The van der Waals surface area contributed by atoms with E-state index in [0.29, 0.717) is 0 Å². The largest absolute Gasteiger partial charge is 0.497 e. The molecule has 0 unspecified atom stereocenters. The van der Waals surface area contributed by atoms with Crippen LogP contribution in [0.25, 0.3) is 0 Å². The molecule has 0 saturated carbocycles. The number of allylic oxidation sites excluding steroid dienone is 1. The monoisotopic (exact) mass is 236 g/mol. The van der Waals surface area contributed by atoms with Crippen LogP contribution in [0.1, 0.15) is 45.2 Å². The van der Waals surface area contributed by atoms with Gasteiger partial charge in [0.05, 0.1) is 7.11 Å². The van der Waals surface area contributed by atoms with Crippen LogP contribution in [0, 0.1) is 13.8 Å². The van der Waals surface area contributed by atoms with Gasteiger partial charge in [0.25, 0.3) is 0 Å². The van der Waals surface area contributed by atoms with Crippen molar-refractivity contribution in [3.05, 3.63) is 41.5 Å². The molecule has 0 aliphatic carbocycles. The summed E-state index contributed by atoms with van der Waals surface area (Å²) in [6.45, 7) is 15.9. The minimum Gasteiger partial charge on any atom is -0.497 e. The summed E-state index contributed by atoms with van der Waals surface area (Å²) in [7, 11) is 1.69. The summed E-state index contributed by atoms with van der Waals surface area (Å²) >= 11 is 0. The lowest BCUT2D eigenvalue weighted by Crippen LogP contribution is -1.84. The second-order valence-corrected chi connectivity index (χ2v) is 4.44. The Morgan fingerprint density at radius 3 is 1.59 bits per heavy atom. The predicted molar refractivity (Wildman–Crippen MR) is 78.9 cm³/mol. The molecule has 98 valence electrons. The summed E-state index contributed by atoms with van der Waals surface area (Å²) < 4.78 is 5.08. The van der Waals surface area contributed by atoms with Crippen molar-refractivity contribution in [2.45, 2.75) is 48.0 Å². The van der Waals surface area contributed by atoms with Gasteiger partial charge in [0.2, 0.25) is 0 Å². The Labute approximate surface area is 108 Å². The number of rotatable bonds is 1. The van der Waals surface area contributed by atoms with Crippen molar-refractivity contribution in [2.24, 2.45) is 0 Å². The van der Waals surface area contributed by atoms with E-state index in [1.54, 1.807) is 7.11 Å². The van der Waals surface area contributed by atoms with Gasteiger partial charge in [0.15, 0.2) is 0 Å². The van der Waals surface area contributed by atoms with E-state index < -0.39 is 0 Å². The van der Waals surface area contributed by atoms with E-state index in [1.807, 2.05) is 26.0 Å². The zero-order valence-electron chi connectivity index (χ0n) is 12.6. The van der Waals surface area contributed by atoms with E-state index in [2.05, 4.69) is 40.3 Å². The normalized spacial score (nSPS) is 8.18. The average molecular weight is 236 g/mol. The minimum atomic E-state index is 0.942. The first-order valence-corrected chi connectivity index (χ1v) is 6.11. The first kappa shape index (κ1) is 18.1. The lowest BCUT2D eigenvalue weighted by molar-refractivity contribution is 0.414. The third kappa shape index (κ3) is 14.8. The van der Waals surface area contributed by atoms with Crippen LogP contribution in [-0.2, 0) is 0 Å².